The van der Waals surface area contributed by atoms with E-state index in [1.54, 1.807) is 6.33 Å². The van der Waals surface area contributed by atoms with Gasteiger partial charge in [-0.3, -0.25) is 9.36 Å². The van der Waals surface area contributed by atoms with E-state index in [9.17, 15) is 4.79 Å². The minimum atomic E-state index is -0.645. The largest absolute Gasteiger partial charge is 0.455 e. The van der Waals surface area contributed by atoms with Crippen LogP contribution in [0, 0.1) is 6.92 Å². The molecule has 4 rings (SSSR count). The van der Waals surface area contributed by atoms with E-state index >= 15 is 0 Å². The van der Waals surface area contributed by atoms with Crippen LogP contribution in [-0.4, -0.2) is 43.3 Å². The van der Waals surface area contributed by atoms with Gasteiger partial charge in [0, 0.05) is 6.92 Å². The molecule has 0 amide bonds. The fraction of sp³-hybridized carbons (Fsp3) is 0.478. The average molecular weight is 425 g/mol. The molecule has 0 saturated carbocycles. The number of aromatic nitrogens is 4. The first-order chi connectivity index (χ1) is 15.0. The highest BCUT2D eigenvalue weighted by Crippen LogP contribution is 2.45. The van der Waals surface area contributed by atoms with E-state index in [0.29, 0.717) is 30.6 Å². The molecule has 31 heavy (non-hydrogen) atoms. The Balaban J connectivity index is 1.74. The van der Waals surface area contributed by atoms with Crippen molar-refractivity contribution in [1.29, 1.82) is 0 Å². The second-order valence-electron chi connectivity index (χ2n) is 7.85. The number of aryl methyl sites for hydroxylation is 1. The molecular weight excluding hydrogens is 396 g/mol. The van der Waals surface area contributed by atoms with Crippen LogP contribution < -0.4 is 0 Å². The standard InChI is InChI=1S/C23H28N4O4/c1-5-23(6-2)20(29-12-17-10-8-7-9-11-17)19(30-16(4)28)22(31-23)27-14-26-18-15(3)24-13-25-21(18)27/h7-11,13-14,19-20,22H,5-6,12H2,1-4H3/t19-,20?,22+/m0/s1. The Kier molecular flexibility index (Phi) is 6.02. The smallest absolute Gasteiger partial charge is 0.303 e. The predicted molar refractivity (Wildman–Crippen MR) is 114 cm³/mol. The monoisotopic (exact) mass is 424 g/mol. The van der Waals surface area contributed by atoms with E-state index in [-0.39, 0.29) is 5.97 Å². The van der Waals surface area contributed by atoms with Crippen LogP contribution in [0.25, 0.3) is 11.2 Å². The van der Waals surface area contributed by atoms with Crippen molar-refractivity contribution in [2.75, 3.05) is 0 Å². The molecule has 8 nitrogen and oxygen atoms in total. The molecule has 0 aliphatic carbocycles. The Bertz CT molecular complexity index is 1050. The number of ether oxygens (including phenoxy) is 3. The third-order valence-electron chi connectivity index (χ3n) is 6.04. The predicted octanol–water partition coefficient (Wildman–Crippen LogP) is 3.74. The number of nitrogens with zero attached hydrogens (tertiary/aromatic N) is 4. The van der Waals surface area contributed by atoms with Gasteiger partial charge >= 0.3 is 5.97 Å². The Labute approximate surface area is 181 Å². The van der Waals surface area contributed by atoms with E-state index in [1.807, 2.05) is 41.8 Å². The highest BCUT2D eigenvalue weighted by Gasteiger charge is 2.56. The number of esters is 1. The number of hydrogen-bond donors (Lipinski definition) is 0. The maximum Gasteiger partial charge on any atom is 0.303 e. The molecule has 164 valence electrons. The third kappa shape index (κ3) is 3.93. The highest BCUT2D eigenvalue weighted by molar-refractivity contribution is 5.73. The molecule has 1 saturated heterocycles. The fourth-order valence-corrected chi connectivity index (χ4v) is 4.33. The van der Waals surface area contributed by atoms with Gasteiger partial charge in [0.05, 0.1) is 18.6 Å². The molecule has 2 aromatic heterocycles. The third-order valence-corrected chi connectivity index (χ3v) is 6.04. The van der Waals surface area contributed by atoms with Crippen molar-refractivity contribution in [3.8, 4) is 0 Å². The summed E-state index contributed by atoms with van der Waals surface area (Å²) in [6.45, 7) is 7.81. The molecule has 0 radical (unpaired) electrons. The number of rotatable bonds is 7. The second kappa shape index (κ2) is 8.72. The Hall–Kier alpha value is -2.84. The van der Waals surface area contributed by atoms with E-state index in [2.05, 4.69) is 28.8 Å². The minimum absolute atomic E-state index is 0.384. The first-order valence-corrected chi connectivity index (χ1v) is 10.6. The number of hydrogen-bond acceptors (Lipinski definition) is 7. The molecule has 1 aromatic carbocycles. The summed E-state index contributed by atoms with van der Waals surface area (Å²) >= 11 is 0. The maximum atomic E-state index is 12.1. The quantitative estimate of drug-likeness (QED) is 0.534. The number of benzene rings is 1. The van der Waals surface area contributed by atoms with E-state index in [0.717, 1.165) is 11.3 Å². The van der Waals surface area contributed by atoms with Gasteiger partial charge in [0.1, 0.15) is 23.5 Å². The first kappa shape index (κ1) is 21.4. The number of fused-ring (bicyclic) bond motifs is 1. The molecule has 1 unspecified atom stereocenters. The molecule has 3 atom stereocenters. The summed E-state index contributed by atoms with van der Waals surface area (Å²) < 4.78 is 20.6. The van der Waals surface area contributed by atoms with Crippen LogP contribution in [0.4, 0.5) is 0 Å². The lowest BCUT2D eigenvalue weighted by Gasteiger charge is -2.33. The van der Waals surface area contributed by atoms with Gasteiger partial charge in [-0.1, -0.05) is 44.2 Å². The van der Waals surface area contributed by atoms with Gasteiger partial charge in [-0.2, -0.15) is 0 Å². The van der Waals surface area contributed by atoms with Gasteiger partial charge in [0.2, 0.25) is 0 Å². The zero-order chi connectivity index (χ0) is 22.0. The topological polar surface area (TPSA) is 88.4 Å². The van der Waals surface area contributed by atoms with Crippen LogP contribution in [-0.2, 0) is 25.6 Å². The van der Waals surface area contributed by atoms with Crippen LogP contribution in [0.3, 0.4) is 0 Å². The lowest BCUT2D eigenvalue weighted by Crippen LogP contribution is -2.45. The molecule has 8 heteroatoms. The van der Waals surface area contributed by atoms with Crippen LogP contribution in [0.2, 0.25) is 0 Å². The molecule has 0 spiro atoms. The summed E-state index contributed by atoms with van der Waals surface area (Å²) in [5.41, 5.74) is 2.54. The first-order valence-electron chi connectivity index (χ1n) is 10.6. The molecule has 0 N–H and O–H groups in total. The van der Waals surface area contributed by atoms with Crippen molar-refractivity contribution in [2.24, 2.45) is 0 Å². The Morgan fingerprint density at radius 3 is 2.58 bits per heavy atom. The average Bonchev–Trinajstić information content (AvgIpc) is 3.33. The summed E-state index contributed by atoms with van der Waals surface area (Å²) in [6, 6.07) is 9.94. The fourth-order valence-electron chi connectivity index (χ4n) is 4.33. The van der Waals surface area contributed by atoms with Crippen molar-refractivity contribution >= 4 is 17.1 Å². The van der Waals surface area contributed by atoms with Crippen LogP contribution in [0.1, 0.15) is 51.1 Å². The SMILES string of the molecule is CCC1(CC)O[C@@H](n2cnc3c(C)ncnc32)[C@@H](OC(C)=O)C1OCc1ccccc1. The normalized spacial score (nSPS) is 22.6. The van der Waals surface area contributed by atoms with Crippen molar-refractivity contribution in [3.63, 3.8) is 0 Å². The molecular formula is C23H28N4O4. The minimum Gasteiger partial charge on any atom is -0.455 e. The highest BCUT2D eigenvalue weighted by atomic mass is 16.6. The van der Waals surface area contributed by atoms with Gasteiger partial charge < -0.3 is 14.2 Å². The van der Waals surface area contributed by atoms with Crippen molar-refractivity contribution < 1.29 is 19.0 Å². The molecule has 1 fully saturated rings. The summed E-state index contributed by atoms with van der Waals surface area (Å²) in [5, 5.41) is 0. The van der Waals surface area contributed by atoms with Gasteiger partial charge in [0.25, 0.3) is 0 Å². The van der Waals surface area contributed by atoms with Crippen molar-refractivity contribution in [1.82, 2.24) is 19.5 Å². The van der Waals surface area contributed by atoms with E-state index < -0.39 is 24.0 Å². The Morgan fingerprint density at radius 1 is 1.16 bits per heavy atom. The van der Waals surface area contributed by atoms with Gasteiger partial charge in [-0.15, -0.1) is 0 Å². The van der Waals surface area contributed by atoms with E-state index in [4.69, 9.17) is 14.2 Å². The summed E-state index contributed by atoms with van der Waals surface area (Å²) in [7, 11) is 0. The van der Waals surface area contributed by atoms with E-state index in [1.165, 1.54) is 13.3 Å². The molecule has 1 aliphatic heterocycles. The summed E-state index contributed by atoms with van der Waals surface area (Å²) in [5.74, 6) is -0.384. The van der Waals surface area contributed by atoms with Gasteiger partial charge in [-0.05, 0) is 25.3 Å². The van der Waals surface area contributed by atoms with Crippen molar-refractivity contribution in [2.45, 2.75) is 71.2 Å². The van der Waals surface area contributed by atoms with Gasteiger partial charge in [-0.25, -0.2) is 15.0 Å². The lowest BCUT2D eigenvalue weighted by atomic mass is 9.89. The van der Waals surface area contributed by atoms with Crippen LogP contribution in [0.5, 0.6) is 0 Å². The Morgan fingerprint density at radius 2 is 1.90 bits per heavy atom. The summed E-state index contributed by atoms with van der Waals surface area (Å²) in [4.78, 5) is 25.1. The molecule has 3 heterocycles. The molecule has 3 aromatic rings. The second-order valence-corrected chi connectivity index (χ2v) is 7.85. The van der Waals surface area contributed by atoms with Crippen LogP contribution in [0.15, 0.2) is 43.0 Å². The van der Waals surface area contributed by atoms with Crippen molar-refractivity contribution in [3.05, 3.63) is 54.2 Å². The van der Waals surface area contributed by atoms with Crippen LogP contribution >= 0.6 is 0 Å². The maximum absolute atomic E-state index is 12.1. The van der Waals surface area contributed by atoms with Gasteiger partial charge in [0.15, 0.2) is 18.0 Å². The summed E-state index contributed by atoms with van der Waals surface area (Å²) in [6.07, 6.45) is 2.88. The zero-order valence-electron chi connectivity index (χ0n) is 18.3. The lowest BCUT2D eigenvalue weighted by molar-refractivity contribution is -0.158. The molecule has 1 aliphatic rings. The number of carbonyl (C=O) groups is 1. The number of imidazole rings is 1. The zero-order valence-corrected chi connectivity index (χ0v) is 18.3. The number of carbonyl (C=O) groups excluding carboxylic acids is 1. The molecule has 0 bridgehead atoms.